The van der Waals surface area contributed by atoms with Crippen LogP contribution in [0.5, 0.6) is 5.75 Å². The summed E-state index contributed by atoms with van der Waals surface area (Å²) in [5.74, 6) is 1.59. The van der Waals surface area contributed by atoms with E-state index in [1.807, 2.05) is 32.0 Å². The third-order valence-corrected chi connectivity index (χ3v) is 4.10. The summed E-state index contributed by atoms with van der Waals surface area (Å²) in [5.41, 5.74) is 2.79. The molecule has 122 valence electrons. The highest BCUT2D eigenvalue weighted by Gasteiger charge is 2.20. The molecule has 1 amide bonds. The number of carbonyl (C=O) groups is 1. The van der Waals surface area contributed by atoms with E-state index in [2.05, 4.69) is 23.5 Å². The van der Waals surface area contributed by atoms with Crippen LogP contribution in [0.2, 0.25) is 0 Å². The molecule has 0 spiro atoms. The molecule has 2 aromatic rings. The van der Waals surface area contributed by atoms with E-state index < -0.39 is 0 Å². The maximum Gasteiger partial charge on any atom is 0.226 e. The van der Waals surface area contributed by atoms with Crippen molar-refractivity contribution < 1.29 is 14.1 Å². The van der Waals surface area contributed by atoms with Gasteiger partial charge in [-0.25, -0.2) is 0 Å². The van der Waals surface area contributed by atoms with Gasteiger partial charge in [0.05, 0.1) is 12.1 Å². The van der Waals surface area contributed by atoms with Crippen LogP contribution in [0.4, 0.5) is 0 Å². The Kier molecular flexibility index (Phi) is 4.37. The molecule has 5 nitrogen and oxygen atoms in total. The summed E-state index contributed by atoms with van der Waals surface area (Å²) in [6.07, 6.45) is 2.26. The topological polar surface area (TPSA) is 64.4 Å². The van der Waals surface area contributed by atoms with Gasteiger partial charge in [0.25, 0.3) is 0 Å². The molecular weight excluding hydrogens is 292 g/mol. The fourth-order valence-electron chi connectivity index (χ4n) is 2.70. The van der Waals surface area contributed by atoms with Gasteiger partial charge in [-0.2, -0.15) is 0 Å². The standard InChI is InChI=1S/C18H22N2O3/c1-4-11(2)19-18(21)10-15-9-17(23-20-15)13-5-6-16-14(8-13)7-12(3)22-16/h5-6,8-9,11-12H,4,7,10H2,1-3H3,(H,19,21). The number of ether oxygens (including phenoxy) is 1. The van der Waals surface area contributed by atoms with Gasteiger partial charge in [0, 0.05) is 24.1 Å². The maximum atomic E-state index is 11.9. The number of carbonyl (C=O) groups excluding carboxylic acids is 1. The van der Waals surface area contributed by atoms with Crippen molar-refractivity contribution in [2.24, 2.45) is 0 Å². The van der Waals surface area contributed by atoms with Gasteiger partial charge >= 0.3 is 0 Å². The van der Waals surface area contributed by atoms with E-state index in [-0.39, 0.29) is 24.5 Å². The lowest BCUT2D eigenvalue weighted by Crippen LogP contribution is -2.33. The molecule has 0 fully saturated rings. The van der Waals surface area contributed by atoms with Crippen molar-refractivity contribution in [2.45, 2.75) is 52.2 Å². The number of fused-ring (bicyclic) bond motifs is 1. The molecule has 3 rings (SSSR count). The molecule has 23 heavy (non-hydrogen) atoms. The van der Waals surface area contributed by atoms with Gasteiger partial charge in [0.2, 0.25) is 5.91 Å². The number of benzene rings is 1. The number of nitrogens with one attached hydrogen (secondary N) is 1. The van der Waals surface area contributed by atoms with Crippen LogP contribution in [0.3, 0.4) is 0 Å². The molecule has 0 saturated carbocycles. The first kappa shape index (κ1) is 15.6. The summed E-state index contributed by atoms with van der Waals surface area (Å²) in [5, 5.41) is 6.94. The van der Waals surface area contributed by atoms with E-state index in [4.69, 9.17) is 9.26 Å². The molecule has 1 aliphatic rings. The van der Waals surface area contributed by atoms with Crippen molar-refractivity contribution in [3.63, 3.8) is 0 Å². The second-order valence-electron chi connectivity index (χ2n) is 6.19. The van der Waals surface area contributed by atoms with Gasteiger partial charge in [-0.3, -0.25) is 4.79 Å². The normalized spacial score (nSPS) is 17.4. The van der Waals surface area contributed by atoms with Crippen LogP contribution in [0.1, 0.15) is 38.4 Å². The average molecular weight is 314 g/mol. The molecule has 1 N–H and O–H groups in total. The van der Waals surface area contributed by atoms with Crippen LogP contribution < -0.4 is 10.1 Å². The van der Waals surface area contributed by atoms with Crippen LogP contribution >= 0.6 is 0 Å². The summed E-state index contributed by atoms with van der Waals surface area (Å²) in [6, 6.07) is 8.00. The Morgan fingerprint density at radius 1 is 1.43 bits per heavy atom. The average Bonchev–Trinajstić information content (AvgIpc) is 3.11. The third kappa shape index (κ3) is 3.55. The van der Waals surface area contributed by atoms with Gasteiger partial charge in [-0.1, -0.05) is 12.1 Å². The second-order valence-corrected chi connectivity index (χ2v) is 6.19. The first-order chi connectivity index (χ1) is 11.0. The maximum absolute atomic E-state index is 11.9. The fraction of sp³-hybridized carbons (Fsp3) is 0.444. The molecule has 1 aromatic heterocycles. The Morgan fingerprint density at radius 3 is 3.04 bits per heavy atom. The number of nitrogens with zero attached hydrogens (tertiary/aromatic N) is 1. The van der Waals surface area contributed by atoms with Crippen LogP contribution in [0.15, 0.2) is 28.8 Å². The molecule has 0 saturated heterocycles. The van der Waals surface area contributed by atoms with Gasteiger partial charge in [-0.05, 0) is 44.0 Å². The Balaban J connectivity index is 1.70. The molecule has 2 unspecified atom stereocenters. The zero-order valence-corrected chi connectivity index (χ0v) is 13.8. The third-order valence-electron chi connectivity index (χ3n) is 4.10. The first-order valence-corrected chi connectivity index (χ1v) is 8.10. The molecule has 5 heteroatoms. The van der Waals surface area contributed by atoms with E-state index in [0.29, 0.717) is 11.5 Å². The molecule has 2 atom stereocenters. The Bertz CT molecular complexity index is 708. The van der Waals surface area contributed by atoms with Crippen LogP contribution in [0.25, 0.3) is 11.3 Å². The van der Waals surface area contributed by atoms with Crippen molar-refractivity contribution in [1.29, 1.82) is 0 Å². The van der Waals surface area contributed by atoms with Crippen molar-refractivity contribution in [2.75, 3.05) is 0 Å². The van der Waals surface area contributed by atoms with Gasteiger partial charge in [0.1, 0.15) is 11.9 Å². The number of amides is 1. The van der Waals surface area contributed by atoms with Crippen molar-refractivity contribution >= 4 is 5.91 Å². The van der Waals surface area contributed by atoms with E-state index in [1.54, 1.807) is 0 Å². The smallest absolute Gasteiger partial charge is 0.226 e. The van der Waals surface area contributed by atoms with E-state index in [1.165, 1.54) is 5.56 Å². The Morgan fingerprint density at radius 2 is 2.26 bits per heavy atom. The lowest BCUT2D eigenvalue weighted by Gasteiger charge is -2.09. The molecule has 1 aliphatic heterocycles. The fourth-order valence-corrected chi connectivity index (χ4v) is 2.70. The second kappa shape index (κ2) is 6.44. The lowest BCUT2D eigenvalue weighted by molar-refractivity contribution is -0.121. The summed E-state index contributed by atoms with van der Waals surface area (Å²) in [7, 11) is 0. The summed E-state index contributed by atoms with van der Waals surface area (Å²) < 4.78 is 11.1. The van der Waals surface area contributed by atoms with Crippen molar-refractivity contribution in [1.82, 2.24) is 10.5 Å². The minimum absolute atomic E-state index is 0.0321. The summed E-state index contributed by atoms with van der Waals surface area (Å²) in [6.45, 7) is 6.08. The molecule has 0 radical (unpaired) electrons. The number of rotatable bonds is 5. The number of hydrogen-bond acceptors (Lipinski definition) is 4. The van der Waals surface area contributed by atoms with Crippen LogP contribution in [-0.2, 0) is 17.6 Å². The van der Waals surface area contributed by atoms with Crippen molar-refractivity contribution in [3.8, 4) is 17.1 Å². The monoisotopic (exact) mass is 314 g/mol. The molecule has 1 aromatic carbocycles. The molecule has 0 aliphatic carbocycles. The Labute approximate surface area is 136 Å². The van der Waals surface area contributed by atoms with Crippen molar-refractivity contribution in [3.05, 3.63) is 35.5 Å². The molecule has 0 bridgehead atoms. The largest absolute Gasteiger partial charge is 0.490 e. The minimum Gasteiger partial charge on any atom is -0.490 e. The summed E-state index contributed by atoms with van der Waals surface area (Å²) >= 11 is 0. The lowest BCUT2D eigenvalue weighted by atomic mass is 10.1. The zero-order valence-electron chi connectivity index (χ0n) is 13.8. The van der Waals surface area contributed by atoms with E-state index in [0.717, 1.165) is 24.2 Å². The highest BCUT2D eigenvalue weighted by atomic mass is 16.5. The van der Waals surface area contributed by atoms with Gasteiger partial charge in [-0.15, -0.1) is 0 Å². The molecular formula is C18H22N2O3. The predicted molar refractivity (Wildman–Crippen MR) is 87.3 cm³/mol. The Hall–Kier alpha value is -2.30. The highest BCUT2D eigenvalue weighted by molar-refractivity contribution is 5.78. The van der Waals surface area contributed by atoms with Gasteiger partial charge < -0.3 is 14.6 Å². The van der Waals surface area contributed by atoms with Crippen LogP contribution in [-0.4, -0.2) is 23.2 Å². The molecule has 2 heterocycles. The highest BCUT2D eigenvalue weighted by Crippen LogP contribution is 2.33. The zero-order chi connectivity index (χ0) is 16.4. The van der Waals surface area contributed by atoms with E-state index in [9.17, 15) is 4.79 Å². The first-order valence-electron chi connectivity index (χ1n) is 8.10. The number of hydrogen-bond donors (Lipinski definition) is 1. The quantitative estimate of drug-likeness (QED) is 0.921. The van der Waals surface area contributed by atoms with Crippen LogP contribution in [0, 0.1) is 0 Å². The SMILES string of the molecule is CCC(C)NC(=O)Cc1cc(-c2ccc3c(c2)CC(C)O3)on1. The van der Waals surface area contributed by atoms with Gasteiger partial charge in [0.15, 0.2) is 5.76 Å². The van der Waals surface area contributed by atoms with E-state index >= 15 is 0 Å². The predicted octanol–water partition coefficient (Wildman–Crippen LogP) is 3.12. The number of aromatic nitrogens is 1. The summed E-state index contributed by atoms with van der Waals surface area (Å²) in [4.78, 5) is 11.9. The minimum atomic E-state index is -0.0321.